The SMILES string of the molecule is C=C(OC(C)=O)C1CO1. The van der Waals surface area contributed by atoms with E-state index >= 15 is 0 Å². The molecule has 0 saturated carbocycles. The summed E-state index contributed by atoms with van der Waals surface area (Å²) < 4.78 is 9.41. The largest absolute Gasteiger partial charge is 0.429 e. The van der Waals surface area contributed by atoms with Crippen molar-refractivity contribution >= 4 is 5.97 Å². The zero-order valence-electron chi connectivity index (χ0n) is 5.22. The molecule has 1 aliphatic rings. The highest BCUT2D eigenvalue weighted by molar-refractivity contribution is 5.67. The summed E-state index contributed by atoms with van der Waals surface area (Å²) in [6.07, 6.45) is -0.0334. The summed E-state index contributed by atoms with van der Waals surface area (Å²) in [6.45, 7) is 5.46. The van der Waals surface area contributed by atoms with Crippen LogP contribution in [0.15, 0.2) is 12.3 Å². The van der Waals surface area contributed by atoms with Gasteiger partial charge in [-0.1, -0.05) is 6.58 Å². The van der Waals surface area contributed by atoms with Crippen LogP contribution in [-0.2, 0) is 14.3 Å². The average Bonchev–Trinajstić information content (AvgIpc) is 2.40. The monoisotopic (exact) mass is 128 g/mol. The van der Waals surface area contributed by atoms with Gasteiger partial charge in [-0.15, -0.1) is 0 Å². The fourth-order valence-corrected chi connectivity index (χ4v) is 0.484. The van der Waals surface area contributed by atoms with E-state index in [-0.39, 0.29) is 12.1 Å². The van der Waals surface area contributed by atoms with Crippen LogP contribution in [0.25, 0.3) is 0 Å². The highest BCUT2D eigenvalue weighted by atomic mass is 16.6. The first-order chi connectivity index (χ1) is 4.20. The maximum absolute atomic E-state index is 10.2. The van der Waals surface area contributed by atoms with Crippen LogP contribution >= 0.6 is 0 Å². The molecule has 9 heavy (non-hydrogen) atoms. The minimum Gasteiger partial charge on any atom is -0.429 e. The van der Waals surface area contributed by atoms with Crippen LogP contribution in [0.1, 0.15) is 6.92 Å². The molecule has 0 spiro atoms. The molecule has 0 amide bonds. The van der Waals surface area contributed by atoms with E-state index in [0.717, 1.165) is 0 Å². The Hall–Kier alpha value is -0.830. The van der Waals surface area contributed by atoms with Crippen molar-refractivity contribution < 1.29 is 14.3 Å². The fraction of sp³-hybridized carbons (Fsp3) is 0.500. The first-order valence-corrected chi connectivity index (χ1v) is 2.69. The first-order valence-electron chi connectivity index (χ1n) is 2.69. The molecule has 0 aromatic carbocycles. The summed E-state index contributed by atoms with van der Waals surface area (Å²) in [5.41, 5.74) is 0. The maximum atomic E-state index is 10.2. The Kier molecular flexibility index (Phi) is 1.53. The van der Waals surface area contributed by atoms with Gasteiger partial charge in [0, 0.05) is 6.92 Å². The van der Waals surface area contributed by atoms with E-state index in [1.165, 1.54) is 6.92 Å². The molecule has 1 atom stereocenters. The number of carbonyl (C=O) groups excluding carboxylic acids is 1. The average molecular weight is 128 g/mol. The van der Waals surface area contributed by atoms with Gasteiger partial charge in [0.25, 0.3) is 0 Å². The third kappa shape index (κ3) is 1.85. The van der Waals surface area contributed by atoms with Crippen LogP contribution < -0.4 is 0 Å². The minimum absolute atomic E-state index is 0.0334. The third-order valence-electron chi connectivity index (χ3n) is 0.967. The zero-order valence-corrected chi connectivity index (χ0v) is 5.22. The van der Waals surface area contributed by atoms with Crippen molar-refractivity contribution in [1.82, 2.24) is 0 Å². The van der Waals surface area contributed by atoms with Gasteiger partial charge in [-0.25, -0.2) is 0 Å². The number of hydrogen-bond acceptors (Lipinski definition) is 3. The molecular weight excluding hydrogens is 120 g/mol. The van der Waals surface area contributed by atoms with Crippen molar-refractivity contribution in [2.45, 2.75) is 13.0 Å². The first kappa shape index (κ1) is 6.29. The Morgan fingerprint density at radius 1 is 1.89 bits per heavy atom. The molecule has 0 aromatic heterocycles. The van der Waals surface area contributed by atoms with Crippen molar-refractivity contribution in [3.8, 4) is 0 Å². The minimum atomic E-state index is -0.338. The molecule has 1 heterocycles. The Morgan fingerprint density at radius 3 is 2.78 bits per heavy atom. The Balaban J connectivity index is 2.26. The van der Waals surface area contributed by atoms with E-state index < -0.39 is 0 Å². The van der Waals surface area contributed by atoms with Gasteiger partial charge in [-0.2, -0.15) is 0 Å². The molecule has 0 bridgehead atoms. The van der Waals surface area contributed by atoms with Crippen LogP contribution in [0.3, 0.4) is 0 Å². The van der Waals surface area contributed by atoms with Crippen LogP contribution in [0.2, 0.25) is 0 Å². The molecule has 0 N–H and O–H groups in total. The van der Waals surface area contributed by atoms with E-state index in [0.29, 0.717) is 12.4 Å². The maximum Gasteiger partial charge on any atom is 0.307 e. The number of rotatable bonds is 2. The summed E-state index contributed by atoms with van der Waals surface area (Å²) in [4.78, 5) is 10.2. The van der Waals surface area contributed by atoms with Gasteiger partial charge in [0.05, 0.1) is 6.61 Å². The number of epoxide rings is 1. The lowest BCUT2D eigenvalue weighted by Crippen LogP contribution is -2.02. The van der Waals surface area contributed by atoms with Crippen LogP contribution in [0.4, 0.5) is 0 Å². The van der Waals surface area contributed by atoms with Crippen LogP contribution in [0, 0.1) is 0 Å². The van der Waals surface area contributed by atoms with Crippen LogP contribution in [-0.4, -0.2) is 18.7 Å². The molecule has 1 saturated heterocycles. The topological polar surface area (TPSA) is 38.8 Å². The normalized spacial score (nSPS) is 23.0. The van der Waals surface area contributed by atoms with Crippen molar-refractivity contribution in [3.63, 3.8) is 0 Å². The van der Waals surface area contributed by atoms with Gasteiger partial charge in [0.1, 0.15) is 11.9 Å². The predicted octanol–water partition coefficient (Wildman–Crippen LogP) is 0.462. The predicted molar refractivity (Wildman–Crippen MR) is 30.6 cm³/mol. The van der Waals surface area contributed by atoms with E-state index in [2.05, 4.69) is 11.3 Å². The quantitative estimate of drug-likeness (QED) is 0.308. The van der Waals surface area contributed by atoms with Crippen molar-refractivity contribution in [2.24, 2.45) is 0 Å². The molecule has 0 aliphatic carbocycles. The fourth-order valence-electron chi connectivity index (χ4n) is 0.484. The molecular formula is C6H8O3. The van der Waals surface area contributed by atoms with Gasteiger partial charge in [0.15, 0.2) is 0 Å². The molecule has 3 heteroatoms. The standard InChI is InChI=1S/C6H8O3/c1-4(6-3-8-6)9-5(2)7/h6H,1,3H2,2H3. The van der Waals surface area contributed by atoms with E-state index in [9.17, 15) is 4.79 Å². The second kappa shape index (κ2) is 2.19. The molecule has 1 aliphatic heterocycles. The number of ether oxygens (including phenoxy) is 2. The lowest BCUT2D eigenvalue weighted by Gasteiger charge is -1.98. The smallest absolute Gasteiger partial charge is 0.307 e. The third-order valence-corrected chi connectivity index (χ3v) is 0.967. The summed E-state index contributed by atoms with van der Waals surface area (Å²) in [6, 6.07) is 0. The molecule has 1 fully saturated rings. The number of hydrogen-bond donors (Lipinski definition) is 0. The second-order valence-corrected chi connectivity index (χ2v) is 1.88. The summed E-state index contributed by atoms with van der Waals surface area (Å²) in [7, 11) is 0. The Labute approximate surface area is 53.3 Å². The van der Waals surface area contributed by atoms with Gasteiger partial charge in [-0.05, 0) is 0 Å². The molecule has 0 aromatic rings. The summed E-state index contributed by atoms with van der Waals surface area (Å²) >= 11 is 0. The van der Waals surface area contributed by atoms with Crippen molar-refractivity contribution in [2.75, 3.05) is 6.61 Å². The Bertz CT molecular complexity index is 146. The number of carbonyl (C=O) groups is 1. The van der Waals surface area contributed by atoms with E-state index in [4.69, 9.17) is 4.74 Å². The second-order valence-electron chi connectivity index (χ2n) is 1.88. The highest BCUT2D eigenvalue weighted by Crippen LogP contribution is 2.18. The summed E-state index contributed by atoms with van der Waals surface area (Å²) in [5, 5.41) is 0. The van der Waals surface area contributed by atoms with Crippen molar-refractivity contribution in [3.05, 3.63) is 12.3 Å². The van der Waals surface area contributed by atoms with E-state index in [1.807, 2.05) is 0 Å². The number of esters is 1. The van der Waals surface area contributed by atoms with Gasteiger partial charge in [0.2, 0.25) is 0 Å². The Morgan fingerprint density at radius 2 is 2.44 bits per heavy atom. The van der Waals surface area contributed by atoms with Crippen LogP contribution in [0.5, 0.6) is 0 Å². The zero-order chi connectivity index (χ0) is 6.85. The highest BCUT2D eigenvalue weighted by Gasteiger charge is 2.28. The lowest BCUT2D eigenvalue weighted by molar-refractivity contribution is -0.137. The molecule has 50 valence electrons. The molecule has 1 rings (SSSR count). The van der Waals surface area contributed by atoms with Crippen molar-refractivity contribution in [1.29, 1.82) is 0 Å². The molecule has 1 unspecified atom stereocenters. The van der Waals surface area contributed by atoms with Gasteiger partial charge >= 0.3 is 5.97 Å². The molecule has 3 nitrogen and oxygen atoms in total. The van der Waals surface area contributed by atoms with E-state index in [1.54, 1.807) is 0 Å². The lowest BCUT2D eigenvalue weighted by atomic mass is 10.4. The molecule has 0 radical (unpaired) electrons. The van der Waals surface area contributed by atoms with Gasteiger partial charge in [-0.3, -0.25) is 4.79 Å². The summed E-state index contributed by atoms with van der Waals surface area (Å²) in [5.74, 6) is 0.0815. The van der Waals surface area contributed by atoms with Gasteiger partial charge < -0.3 is 9.47 Å².